The number of aliphatic carboxylic acids is 1. The summed E-state index contributed by atoms with van der Waals surface area (Å²) in [6.45, 7) is 4.49. The molecule has 1 aromatic heterocycles. The van der Waals surface area contributed by atoms with Crippen molar-refractivity contribution in [3.05, 3.63) is 18.2 Å². The summed E-state index contributed by atoms with van der Waals surface area (Å²) < 4.78 is 0. The number of amides is 7. The fourth-order valence-corrected chi connectivity index (χ4v) is 8.09. The van der Waals surface area contributed by atoms with Crippen LogP contribution in [0.25, 0.3) is 0 Å². The number of nitrogens with two attached hydrogens (primary N) is 1. The summed E-state index contributed by atoms with van der Waals surface area (Å²) in [7, 11) is 1.41. The molecule has 24 heteroatoms. The van der Waals surface area contributed by atoms with E-state index in [-0.39, 0.29) is 45.1 Å². The number of rotatable bonds is 45. The third kappa shape index (κ3) is 30.2. The number of unbranched alkanes of at least 4 members (excludes halogenated alkanes) is 13. The van der Waals surface area contributed by atoms with E-state index in [1.165, 1.54) is 84.3 Å². The third-order valence-electron chi connectivity index (χ3n) is 12.5. The molecule has 16 N–H and O–H groups in total. The first-order valence-corrected chi connectivity index (χ1v) is 26.7. The lowest BCUT2D eigenvalue weighted by Crippen LogP contribution is -2.62. The van der Waals surface area contributed by atoms with Gasteiger partial charge in [-0.2, -0.15) is 0 Å². The molecular formula is C50H91N11O13. The van der Waals surface area contributed by atoms with E-state index in [2.05, 4.69) is 59.4 Å². The highest BCUT2D eigenvalue weighted by atomic mass is 16.4. The number of aromatic amines is 1. The molecule has 0 aliphatic heterocycles. The number of aliphatic hydroxyl groups is 4. The Bertz CT molecular complexity index is 1770. The first kappa shape index (κ1) is 66.7. The number of hydrogen-bond acceptors (Lipinski definition) is 15. The number of carboxylic acids is 1. The van der Waals surface area contributed by atoms with E-state index >= 15 is 0 Å². The van der Waals surface area contributed by atoms with Crippen LogP contribution in [0.1, 0.15) is 174 Å². The molecule has 74 heavy (non-hydrogen) atoms. The molecule has 1 heterocycles. The lowest BCUT2D eigenvalue weighted by Gasteiger charge is -2.30. The highest BCUT2D eigenvalue weighted by Gasteiger charge is 2.34. The summed E-state index contributed by atoms with van der Waals surface area (Å²) in [4.78, 5) is 109. The number of likely N-dealkylation sites (N-methyl/N-ethyl adjacent to an activating group) is 1. The average molecular weight is 1050 g/mol. The minimum absolute atomic E-state index is 0.0350. The monoisotopic (exact) mass is 1050 g/mol. The molecule has 9 atom stereocenters. The van der Waals surface area contributed by atoms with Gasteiger partial charge in [-0.15, -0.1) is 0 Å². The van der Waals surface area contributed by atoms with Gasteiger partial charge >= 0.3 is 5.97 Å². The van der Waals surface area contributed by atoms with Gasteiger partial charge < -0.3 is 68.2 Å². The van der Waals surface area contributed by atoms with E-state index < -0.39 is 115 Å². The minimum Gasteiger partial charge on any atom is -0.481 e. The Labute approximate surface area is 436 Å². The molecule has 1 rings (SSSR count). The van der Waals surface area contributed by atoms with Crippen molar-refractivity contribution in [1.82, 2.24) is 52.5 Å². The summed E-state index contributed by atoms with van der Waals surface area (Å²) in [5.74, 6) is -6.47. The topological polar surface area (TPSA) is 389 Å². The van der Waals surface area contributed by atoms with Gasteiger partial charge in [-0.25, -0.2) is 4.98 Å². The first-order valence-electron chi connectivity index (χ1n) is 26.7. The Hall–Kier alpha value is -5.27. The van der Waals surface area contributed by atoms with Crippen LogP contribution >= 0.6 is 0 Å². The zero-order valence-electron chi connectivity index (χ0n) is 44.3. The summed E-state index contributed by atoms with van der Waals surface area (Å²) in [5.41, 5.74) is 5.72. The highest BCUT2D eigenvalue weighted by Crippen LogP contribution is 2.14. The normalized spacial score (nSPS) is 15.0. The van der Waals surface area contributed by atoms with Crippen molar-refractivity contribution in [2.24, 2.45) is 5.73 Å². The van der Waals surface area contributed by atoms with Gasteiger partial charge in [0, 0.05) is 45.5 Å². The number of hydrogen-bond donors (Lipinski definition) is 15. The number of carboxylic acid groups (broad SMARTS) is 1. The van der Waals surface area contributed by atoms with Crippen molar-refractivity contribution in [2.75, 3.05) is 20.2 Å². The second-order valence-electron chi connectivity index (χ2n) is 19.0. The van der Waals surface area contributed by atoms with Gasteiger partial charge in [0.2, 0.25) is 41.4 Å². The molecule has 0 aromatic carbocycles. The molecule has 0 saturated heterocycles. The highest BCUT2D eigenvalue weighted by molar-refractivity contribution is 5.93. The van der Waals surface area contributed by atoms with Gasteiger partial charge in [-0.3, -0.25) is 49.0 Å². The summed E-state index contributed by atoms with van der Waals surface area (Å²) in [6, 6.07) is -7.86. The summed E-state index contributed by atoms with van der Waals surface area (Å²) >= 11 is 0. The van der Waals surface area contributed by atoms with Gasteiger partial charge in [0.25, 0.3) is 0 Å². The number of carbonyl (C=O) groups excluding carboxylic acids is 7. The SMILES string of the molecule is CCCCCCCCCCCCCCCC(O)N[C@@H](CCC(=O)O)C(=O)NCCCC(=O)N[C@H](C(=O)N[C@@H](CCC(N)=O)C(=O)N[C@@H](Cc1c[nH]cn1)C(O)N[C@@H](CO)C(=O)N[C@@H](CCCC)C(=O)NC)C(C)O. The van der Waals surface area contributed by atoms with Crippen molar-refractivity contribution >= 4 is 47.3 Å². The second-order valence-corrected chi connectivity index (χ2v) is 19.0. The predicted molar refractivity (Wildman–Crippen MR) is 276 cm³/mol. The molecule has 3 unspecified atom stereocenters. The first-order chi connectivity index (χ1) is 35.4. The molecule has 1 aromatic rings. The fourth-order valence-electron chi connectivity index (χ4n) is 8.09. The van der Waals surface area contributed by atoms with Crippen LogP contribution in [0.15, 0.2) is 12.5 Å². The van der Waals surface area contributed by atoms with E-state index in [0.29, 0.717) is 25.0 Å². The van der Waals surface area contributed by atoms with E-state index in [0.717, 1.165) is 32.1 Å². The Morgan fingerprint density at radius 3 is 1.73 bits per heavy atom. The molecule has 424 valence electrons. The quantitative estimate of drug-likeness (QED) is 0.0308. The van der Waals surface area contributed by atoms with Crippen molar-refractivity contribution in [3.63, 3.8) is 0 Å². The Morgan fingerprint density at radius 2 is 1.19 bits per heavy atom. The van der Waals surface area contributed by atoms with E-state index in [4.69, 9.17) is 5.73 Å². The summed E-state index contributed by atoms with van der Waals surface area (Å²) in [5, 5.41) is 72.5. The fraction of sp³-hybridized carbons (Fsp3) is 0.780. The minimum atomic E-state index is -1.76. The molecule has 0 radical (unpaired) electrons. The number of primary amides is 1. The summed E-state index contributed by atoms with van der Waals surface area (Å²) in [6.07, 6.45) is 14.3. The Morgan fingerprint density at radius 1 is 0.622 bits per heavy atom. The van der Waals surface area contributed by atoms with E-state index in [1.54, 1.807) is 0 Å². The number of H-pyrrole nitrogens is 1. The van der Waals surface area contributed by atoms with Gasteiger partial charge in [-0.05, 0) is 45.4 Å². The number of aromatic nitrogens is 2. The van der Waals surface area contributed by atoms with E-state index in [9.17, 15) is 63.9 Å². The molecule has 0 aliphatic carbocycles. The van der Waals surface area contributed by atoms with Crippen LogP contribution in [0.4, 0.5) is 0 Å². The van der Waals surface area contributed by atoms with Crippen molar-refractivity contribution in [1.29, 1.82) is 0 Å². The molecule has 0 spiro atoms. The average Bonchev–Trinajstić information content (AvgIpc) is 3.88. The third-order valence-corrected chi connectivity index (χ3v) is 12.5. The molecule has 0 bridgehead atoms. The second kappa shape index (κ2) is 40.1. The maximum absolute atomic E-state index is 13.9. The van der Waals surface area contributed by atoms with Gasteiger partial charge in [0.15, 0.2) is 0 Å². The maximum Gasteiger partial charge on any atom is 0.303 e. The molecule has 7 amide bonds. The molecule has 0 fully saturated rings. The number of nitrogens with one attached hydrogen (secondary N) is 9. The molecule has 0 saturated carbocycles. The van der Waals surface area contributed by atoms with Crippen LogP contribution < -0.4 is 48.3 Å². The van der Waals surface area contributed by atoms with Crippen LogP contribution in [-0.4, -0.2) is 158 Å². The van der Waals surface area contributed by atoms with Crippen LogP contribution in [0.5, 0.6) is 0 Å². The van der Waals surface area contributed by atoms with E-state index in [1.807, 2.05) is 6.92 Å². The predicted octanol–water partition coefficient (Wildman–Crippen LogP) is 0.262. The van der Waals surface area contributed by atoms with Crippen molar-refractivity contribution < 1.29 is 63.9 Å². The Kier molecular flexibility index (Phi) is 36.2. The van der Waals surface area contributed by atoms with Gasteiger partial charge in [0.1, 0.15) is 36.6 Å². The van der Waals surface area contributed by atoms with Crippen LogP contribution in [0.2, 0.25) is 0 Å². The van der Waals surface area contributed by atoms with Crippen LogP contribution in [-0.2, 0) is 44.8 Å². The lowest BCUT2D eigenvalue weighted by molar-refractivity contribution is -0.137. The standard InChI is InChI=1S/C50H91N11O13/c1-5-7-9-10-11-12-13-14-15-16-17-18-19-22-41(65)56-36(25-27-43(67)68)46(70)54-28-20-23-42(66)61-44(33(3)63)50(74)58-37(24-26-40(51)64)47(71)59-38(29-34-30-53-32-55-34)48(72)60-39(31-62)49(73)57-35(21-8-6-2)45(69)52-4/h30,32-33,35-39,41,44,48,56,60,62-63,65,72H,5-29,31H2,1-4H3,(H2,51,64)(H,52,69)(H,53,55)(H,54,70)(H,57,73)(H,58,74)(H,59,71)(H,61,66)(H,67,68)/t33?,35-,36-,37-,38-,39-,41?,44-,48?/m0/s1. The van der Waals surface area contributed by atoms with Crippen molar-refractivity contribution in [3.8, 4) is 0 Å². The van der Waals surface area contributed by atoms with Crippen molar-refractivity contribution in [2.45, 2.75) is 230 Å². The molecular weight excluding hydrogens is 963 g/mol. The molecule has 0 aliphatic rings. The zero-order valence-corrected chi connectivity index (χ0v) is 44.3. The number of imidazole rings is 1. The smallest absolute Gasteiger partial charge is 0.303 e. The zero-order chi connectivity index (χ0) is 55.3. The van der Waals surface area contributed by atoms with Gasteiger partial charge in [0.05, 0.1) is 36.8 Å². The largest absolute Gasteiger partial charge is 0.481 e. The maximum atomic E-state index is 13.9. The molecule has 24 nitrogen and oxygen atoms in total. The Balaban J connectivity index is 2.88. The lowest BCUT2D eigenvalue weighted by atomic mass is 10.0. The number of nitrogens with zero attached hydrogens (tertiary/aromatic N) is 1. The number of carbonyl (C=O) groups is 8. The van der Waals surface area contributed by atoms with Crippen LogP contribution in [0, 0.1) is 0 Å². The van der Waals surface area contributed by atoms with Crippen LogP contribution in [0.3, 0.4) is 0 Å². The number of aliphatic hydroxyl groups excluding tert-OH is 4. The van der Waals surface area contributed by atoms with Gasteiger partial charge in [-0.1, -0.05) is 104 Å².